The van der Waals surface area contributed by atoms with Crippen molar-refractivity contribution in [1.82, 2.24) is 0 Å². The zero-order chi connectivity index (χ0) is 36.4. The molecule has 0 bridgehead atoms. The minimum Gasteiger partial charge on any atom is -0.456 e. The summed E-state index contributed by atoms with van der Waals surface area (Å²) in [7, 11) is 0. The molecule has 260 valence electrons. The van der Waals surface area contributed by atoms with Crippen molar-refractivity contribution in [2.24, 2.45) is 0 Å². The number of benzene rings is 8. The minimum absolute atomic E-state index is 0.116. The summed E-state index contributed by atoms with van der Waals surface area (Å²) in [6.45, 7) is 4.69. The van der Waals surface area contributed by atoms with Crippen LogP contribution in [0.1, 0.15) is 25.0 Å². The maximum Gasteiger partial charge on any atom is 0.143 e. The van der Waals surface area contributed by atoms with Crippen molar-refractivity contribution < 1.29 is 8.83 Å². The van der Waals surface area contributed by atoms with E-state index in [0.717, 1.165) is 72.1 Å². The fraction of sp³-hybridized carbons (Fsp3) is 0.0588. The number of nitrogens with zero attached hydrogens (tertiary/aromatic N) is 1. The van der Waals surface area contributed by atoms with Crippen molar-refractivity contribution in [2.45, 2.75) is 19.3 Å². The van der Waals surface area contributed by atoms with Gasteiger partial charge in [-0.15, -0.1) is 11.3 Å². The molecule has 0 aliphatic heterocycles. The molecule has 1 aliphatic rings. The first-order chi connectivity index (χ1) is 27.0. The Kier molecular flexibility index (Phi) is 6.27. The summed E-state index contributed by atoms with van der Waals surface area (Å²) >= 11 is 1.85. The van der Waals surface area contributed by atoms with Crippen molar-refractivity contribution >= 4 is 92.4 Å². The summed E-state index contributed by atoms with van der Waals surface area (Å²) in [5.41, 5.74) is 14.2. The second-order valence-electron chi connectivity index (χ2n) is 15.3. The third-order valence-electron chi connectivity index (χ3n) is 11.9. The monoisotopic (exact) mass is 723 g/mol. The highest BCUT2D eigenvalue weighted by molar-refractivity contribution is 7.25. The van der Waals surface area contributed by atoms with Crippen molar-refractivity contribution in [2.75, 3.05) is 4.90 Å². The molecule has 11 aromatic rings. The Labute approximate surface area is 321 Å². The number of furan rings is 2. The molecule has 8 aromatic carbocycles. The fourth-order valence-corrected chi connectivity index (χ4v) is 10.3. The molecule has 1 aliphatic carbocycles. The lowest BCUT2D eigenvalue weighted by Gasteiger charge is -2.28. The zero-order valence-electron chi connectivity index (χ0n) is 30.3. The van der Waals surface area contributed by atoms with Crippen molar-refractivity contribution in [3.8, 4) is 22.3 Å². The summed E-state index contributed by atoms with van der Waals surface area (Å²) in [6, 6.07) is 59.2. The summed E-state index contributed by atoms with van der Waals surface area (Å²) < 4.78 is 15.9. The summed E-state index contributed by atoms with van der Waals surface area (Å²) in [5, 5.41) is 6.84. The first-order valence-electron chi connectivity index (χ1n) is 18.8. The van der Waals surface area contributed by atoms with E-state index in [-0.39, 0.29) is 5.41 Å². The van der Waals surface area contributed by atoms with Gasteiger partial charge in [0, 0.05) is 75.8 Å². The average molecular weight is 724 g/mol. The molecule has 0 fully saturated rings. The van der Waals surface area contributed by atoms with Gasteiger partial charge in [0.2, 0.25) is 0 Å². The Morgan fingerprint density at radius 2 is 1.04 bits per heavy atom. The van der Waals surface area contributed by atoms with Crippen LogP contribution in [0.4, 0.5) is 17.1 Å². The third kappa shape index (κ3) is 4.43. The normalized spacial score (nSPS) is 13.4. The molecular weight excluding hydrogens is 691 g/mol. The number of hydrogen-bond acceptors (Lipinski definition) is 4. The molecule has 12 rings (SSSR count). The highest BCUT2D eigenvalue weighted by Gasteiger charge is 2.35. The second kappa shape index (κ2) is 11.2. The van der Waals surface area contributed by atoms with E-state index >= 15 is 0 Å². The van der Waals surface area contributed by atoms with Crippen molar-refractivity contribution in [1.29, 1.82) is 0 Å². The van der Waals surface area contributed by atoms with Crippen LogP contribution < -0.4 is 4.90 Å². The van der Waals surface area contributed by atoms with Crippen LogP contribution in [0.15, 0.2) is 173 Å². The van der Waals surface area contributed by atoms with E-state index in [9.17, 15) is 0 Å². The number of rotatable bonds is 4. The van der Waals surface area contributed by atoms with Crippen molar-refractivity contribution in [3.63, 3.8) is 0 Å². The van der Waals surface area contributed by atoms with E-state index in [2.05, 4.69) is 176 Å². The van der Waals surface area contributed by atoms with E-state index in [4.69, 9.17) is 8.83 Å². The van der Waals surface area contributed by atoms with Crippen LogP contribution in [-0.2, 0) is 5.41 Å². The van der Waals surface area contributed by atoms with Gasteiger partial charge in [0.1, 0.15) is 22.3 Å². The minimum atomic E-state index is -0.116. The molecule has 0 atom stereocenters. The van der Waals surface area contributed by atoms with Gasteiger partial charge in [0.15, 0.2) is 0 Å². The smallest absolute Gasteiger partial charge is 0.143 e. The highest BCUT2D eigenvalue weighted by atomic mass is 32.1. The molecule has 0 saturated carbocycles. The average Bonchev–Trinajstić information content (AvgIpc) is 3.95. The van der Waals surface area contributed by atoms with Gasteiger partial charge < -0.3 is 13.7 Å². The van der Waals surface area contributed by atoms with Gasteiger partial charge in [0.25, 0.3) is 0 Å². The van der Waals surface area contributed by atoms with Gasteiger partial charge in [-0.25, -0.2) is 0 Å². The van der Waals surface area contributed by atoms with E-state index in [0.29, 0.717) is 0 Å². The van der Waals surface area contributed by atoms with Gasteiger partial charge >= 0.3 is 0 Å². The summed E-state index contributed by atoms with van der Waals surface area (Å²) in [4.78, 5) is 2.39. The number of hydrogen-bond donors (Lipinski definition) is 0. The quantitative estimate of drug-likeness (QED) is 0.181. The first-order valence-corrected chi connectivity index (χ1v) is 19.6. The number of anilines is 3. The number of fused-ring (bicyclic) bond motifs is 12. The van der Waals surface area contributed by atoms with E-state index < -0.39 is 0 Å². The molecule has 0 spiro atoms. The Balaban J connectivity index is 1.04. The Morgan fingerprint density at radius 3 is 1.93 bits per heavy atom. The van der Waals surface area contributed by atoms with E-state index in [1.54, 1.807) is 0 Å². The molecule has 3 nitrogen and oxygen atoms in total. The molecule has 4 heteroatoms. The van der Waals surface area contributed by atoms with Gasteiger partial charge in [0.05, 0.1) is 0 Å². The molecule has 0 saturated heterocycles. The maximum absolute atomic E-state index is 6.75. The third-order valence-corrected chi connectivity index (χ3v) is 13.0. The summed E-state index contributed by atoms with van der Waals surface area (Å²) in [6.07, 6.45) is 0. The zero-order valence-corrected chi connectivity index (χ0v) is 31.1. The molecule has 3 heterocycles. The van der Waals surface area contributed by atoms with Gasteiger partial charge in [-0.05, 0) is 82.4 Å². The van der Waals surface area contributed by atoms with Crippen LogP contribution in [0.2, 0.25) is 0 Å². The van der Waals surface area contributed by atoms with Crippen LogP contribution in [-0.4, -0.2) is 0 Å². The van der Waals surface area contributed by atoms with E-state index in [1.165, 1.54) is 42.4 Å². The van der Waals surface area contributed by atoms with Crippen LogP contribution >= 0.6 is 11.3 Å². The summed E-state index contributed by atoms with van der Waals surface area (Å²) in [5.74, 6) is 0. The fourth-order valence-electron chi connectivity index (χ4n) is 9.17. The number of para-hydroxylation sites is 1. The maximum atomic E-state index is 6.75. The molecular formula is C51H33NO2S. The Hall–Kier alpha value is -6.62. The lowest BCUT2D eigenvalue weighted by Crippen LogP contribution is -2.16. The topological polar surface area (TPSA) is 29.5 Å². The van der Waals surface area contributed by atoms with Crippen LogP contribution in [0.3, 0.4) is 0 Å². The molecule has 0 amide bonds. The second-order valence-corrected chi connectivity index (χ2v) is 16.4. The molecule has 55 heavy (non-hydrogen) atoms. The molecule has 3 aromatic heterocycles. The standard InChI is InChI=1S/C51H33NO2S/c1-51(2)43-17-8-6-13-35(43)36-22-19-31(25-44(36)51)52(33-21-24-39-38-14-7-9-18-48(38)55-49(39)27-33)32-20-23-37-41-28-47-42(29-46(41)53-45(37)26-32)40-16-10-15-34(50(40)54-47)30-11-4-3-5-12-30/h3-29H,1-2H3. The van der Waals surface area contributed by atoms with Crippen LogP contribution in [0.5, 0.6) is 0 Å². The lowest BCUT2D eigenvalue weighted by atomic mass is 9.82. The SMILES string of the molecule is CC1(C)c2ccccc2-c2ccc(N(c3ccc4c(c3)oc3cc5c(cc34)oc3c(-c4ccccc4)cccc35)c3ccc4c(c3)sc3ccccc34)cc21. The highest BCUT2D eigenvalue weighted by Crippen LogP contribution is 2.51. The largest absolute Gasteiger partial charge is 0.456 e. The van der Waals surface area contributed by atoms with Crippen LogP contribution in [0.25, 0.3) is 86.3 Å². The predicted octanol–water partition coefficient (Wildman–Crippen LogP) is 15.3. The predicted molar refractivity (Wildman–Crippen MR) is 232 cm³/mol. The van der Waals surface area contributed by atoms with Crippen LogP contribution in [0, 0.1) is 0 Å². The molecule has 0 unspecified atom stereocenters. The molecule has 0 N–H and O–H groups in total. The van der Waals surface area contributed by atoms with Gasteiger partial charge in [-0.1, -0.05) is 117 Å². The van der Waals surface area contributed by atoms with Crippen molar-refractivity contribution in [3.05, 3.63) is 175 Å². The van der Waals surface area contributed by atoms with Gasteiger partial charge in [-0.3, -0.25) is 0 Å². The molecule has 0 radical (unpaired) electrons. The Morgan fingerprint density at radius 1 is 0.418 bits per heavy atom. The first kappa shape index (κ1) is 30.8. The lowest BCUT2D eigenvalue weighted by molar-refractivity contribution is 0.660. The number of thiophene rings is 1. The Bertz CT molecular complexity index is 3360. The van der Waals surface area contributed by atoms with E-state index in [1.807, 2.05) is 17.4 Å². The van der Waals surface area contributed by atoms with Gasteiger partial charge in [-0.2, -0.15) is 0 Å².